The van der Waals surface area contributed by atoms with Gasteiger partial charge >= 0.3 is 0 Å². The van der Waals surface area contributed by atoms with Gasteiger partial charge < -0.3 is 4.90 Å². The SMILES string of the molecule is CCCC[C@H](CC(=O)NO)C(=O)N1CCC[C@H]1C(=O)N(C)OC. The van der Waals surface area contributed by atoms with Crippen molar-refractivity contribution in [3.8, 4) is 0 Å². The number of hydroxylamine groups is 3. The van der Waals surface area contributed by atoms with E-state index < -0.39 is 17.9 Å². The number of hydrogen-bond acceptors (Lipinski definition) is 5. The Balaban J connectivity index is 2.83. The molecule has 23 heavy (non-hydrogen) atoms. The molecule has 0 bridgehead atoms. The zero-order valence-corrected chi connectivity index (χ0v) is 14.1. The molecule has 1 rings (SSSR count). The number of amides is 3. The van der Waals surface area contributed by atoms with Gasteiger partial charge in [0.1, 0.15) is 6.04 Å². The minimum Gasteiger partial charge on any atom is -0.330 e. The van der Waals surface area contributed by atoms with Crippen molar-refractivity contribution in [1.82, 2.24) is 15.4 Å². The molecule has 0 unspecified atom stereocenters. The third-order valence-corrected chi connectivity index (χ3v) is 4.22. The molecule has 0 aromatic rings. The molecule has 8 heteroatoms. The van der Waals surface area contributed by atoms with Crippen LogP contribution in [0.2, 0.25) is 0 Å². The maximum absolute atomic E-state index is 12.8. The number of likely N-dealkylation sites (N-methyl/N-ethyl adjacent to an activating group) is 1. The zero-order chi connectivity index (χ0) is 17.4. The smallest absolute Gasteiger partial charge is 0.268 e. The van der Waals surface area contributed by atoms with Gasteiger partial charge in [0, 0.05) is 25.9 Å². The summed E-state index contributed by atoms with van der Waals surface area (Å²) < 4.78 is 0. The van der Waals surface area contributed by atoms with Gasteiger partial charge in [-0.05, 0) is 19.3 Å². The van der Waals surface area contributed by atoms with Crippen LogP contribution in [0.5, 0.6) is 0 Å². The van der Waals surface area contributed by atoms with Gasteiger partial charge in [0.15, 0.2) is 0 Å². The average molecular weight is 329 g/mol. The number of nitrogens with one attached hydrogen (secondary N) is 1. The number of nitrogens with zero attached hydrogens (tertiary/aromatic N) is 2. The molecule has 0 aliphatic carbocycles. The summed E-state index contributed by atoms with van der Waals surface area (Å²) in [5.41, 5.74) is 1.57. The lowest BCUT2D eigenvalue weighted by molar-refractivity contribution is -0.175. The van der Waals surface area contributed by atoms with Crippen LogP contribution in [0.1, 0.15) is 45.4 Å². The predicted octanol–water partition coefficient (Wildman–Crippen LogP) is 0.699. The van der Waals surface area contributed by atoms with Crippen LogP contribution in [0.15, 0.2) is 0 Å². The Labute approximate surface area is 136 Å². The van der Waals surface area contributed by atoms with E-state index in [-0.39, 0.29) is 18.2 Å². The first kappa shape index (κ1) is 19.4. The third kappa shape index (κ3) is 5.18. The number of carbonyl (C=O) groups excluding carboxylic acids is 3. The topological polar surface area (TPSA) is 99.2 Å². The normalized spacial score (nSPS) is 18.6. The summed E-state index contributed by atoms with van der Waals surface area (Å²) in [6, 6.07) is -0.547. The Morgan fingerprint density at radius 2 is 2.13 bits per heavy atom. The van der Waals surface area contributed by atoms with Crippen LogP contribution in [-0.4, -0.2) is 59.6 Å². The summed E-state index contributed by atoms with van der Waals surface area (Å²) in [6.07, 6.45) is 3.52. The highest BCUT2D eigenvalue weighted by Gasteiger charge is 2.38. The lowest BCUT2D eigenvalue weighted by Crippen LogP contribution is -2.48. The van der Waals surface area contributed by atoms with Gasteiger partial charge in [0.25, 0.3) is 5.91 Å². The summed E-state index contributed by atoms with van der Waals surface area (Å²) >= 11 is 0. The molecule has 0 saturated carbocycles. The van der Waals surface area contributed by atoms with Crippen LogP contribution in [0.25, 0.3) is 0 Å². The van der Waals surface area contributed by atoms with E-state index in [1.807, 2.05) is 6.92 Å². The first-order chi connectivity index (χ1) is 11.0. The Kier molecular flexibility index (Phi) is 7.97. The molecule has 2 N–H and O–H groups in total. The van der Waals surface area contributed by atoms with E-state index in [1.54, 1.807) is 10.4 Å². The second-order valence-electron chi connectivity index (χ2n) is 5.79. The van der Waals surface area contributed by atoms with Crippen LogP contribution in [0, 0.1) is 5.92 Å². The van der Waals surface area contributed by atoms with Gasteiger partial charge in [-0.3, -0.25) is 24.4 Å². The summed E-state index contributed by atoms with van der Waals surface area (Å²) in [7, 11) is 2.91. The van der Waals surface area contributed by atoms with Crippen LogP contribution < -0.4 is 5.48 Å². The van der Waals surface area contributed by atoms with Gasteiger partial charge in [0.2, 0.25) is 11.8 Å². The molecule has 1 aliphatic heterocycles. The second-order valence-corrected chi connectivity index (χ2v) is 5.79. The van der Waals surface area contributed by atoms with Gasteiger partial charge in [-0.1, -0.05) is 19.8 Å². The molecule has 1 saturated heterocycles. The molecule has 1 heterocycles. The third-order valence-electron chi connectivity index (χ3n) is 4.22. The summed E-state index contributed by atoms with van der Waals surface area (Å²) in [5, 5.41) is 9.82. The van der Waals surface area contributed by atoms with Crippen LogP contribution in [0.4, 0.5) is 0 Å². The van der Waals surface area contributed by atoms with E-state index in [0.717, 1.165) is 24.3 Å². The second kappa shape index (κ2) is 9.46. The number of likely N-dealkylation sites (tertiary alicyclic amines) is 1. The number of rotatable bonds is 8. The van der Waals surface area contributed by atoms with E-state index in [4.69, 9.17) is 10.0 Å². The van der Waals surface area contributed by atoms with E-state index in [0.29, 0.717) is 19.4 Å². The number of hydrogen-bond donors (Lipinski definition) is 2. The monoisotopic (exact) mass is 329 g/mol. The van der Waals surface area contributed by atoms with Gasteiger partial charge in [-0.15, -0.1) is 0 Å². The lowest BCUT2D eigenvalue weighted by Gasteiger charge is -2.29. The highest BCUT2D eigenvalue weighted by Crippen LogP contribution is 2.25. The van der Waals surface area contributed by atoms with Crippen molar-refractivity contribution in [2.45, 2.75) is 51.5 Å². The first-order valence-electron chi connectivity index (χ1n) is 8.01. The maximum atomic E-state index is 12.8. The molecule has 132 valence electrons. The van der Waals surface area contributed by atoms with Crippen molar-refractivity contribution in [1.29, 1.82) is 0 Å². The fraction of sp³-hybridized carbons (Fsp3) is 0.800. The zero-order valence-electron chi connectivity index (χ0n) is 14.1. The highest BCUT2D eigenvalue weighted by molar-refractivity contribution is 5.90. The number of unbranched alkanes of at least 4 members (excludes halogenated alkanes) is 1. The molecule has 1 fully saturated rings. The Hall–Kier alpha value is -1.67. The average Bonchev–Trinajstić information content (AvgIpc) is 3.05. The van der Waals surface area contributed by atoms with E-state index in [1.165, 1.54) is 14.2 Å². The fourth-order valence-electron chi connectivity index (χ4n) is 2.85. The molecule has 3 amide bonds. The number of carbonyl (C=O) groups is 3. The van der Waals surface area contributed by atoms with E-state index >= 15 is 0 Å². The van der Waals surface area contributed by atoms with Crippen molar-refractivity contribution < 1.29 is 24.4 Å². The standard InChI is InChI=1S/C15H27N3O5/c1-4-5-7-11(10-13(19)16-22)14(20)18-9-6-8-12(18)15(21)17(2)23-3/h11-12,22H,4-10H2,1-3H3,(H,16,19)/t11-,12+/m1/s1. The molecule has 0 spiro atoms. The summed E-state index contributed by atoms with van der Waals surface area (Å²) in [5.74, 6) is -1.58. The van der Waals surface area contributed by atoms with Crippen molar-refractivity contribution in [3.63, 3.8) is 0 Å². The molecular formula is C15H27N3O5. The molecule has 8 nitrogen and oxygen atoms in total. The van der Waals surface area contributed by atoms with Gasteiger partial charge in [-0.2, -0.15) is 0 Å². The van der Waals surface area contributed by atoms with Gasteiger partial charge in [-0.25, -0.2) is 10.5 Å². The molecule has 1 aliphatic rings. The van der Waals surface area contributed by atoms with Crippen LogP contribution in [0.3, 0.4) is 0 Å². The Morgan fingerprint density at radius 3 is 2.70 bits per heavy atom. The Morgan fingerprint density at radius 1 is 1.43 bits per heavy atom. The fourth-order valence-corrected chi connectivity index (χ4v) is 2.85. The predicted molar refractivity (Wildman–Crippen MR) is 82.1 cm³/mol. The van der Waals surface area contributed by atoms with E-state index in [2.05, 4.69) is 0 Å². The van der Waals surface area contributed by atoms with Crippen molar-refractivity contribution >= 4 is 17.7 Å². The quantitative estimate of drug-likeness (QED) is 0.504. The van der Waals surface area contributed by atoms with Crippen molar-refractivity contribution in [2.75, 3.05) is 20.7 Å². The van der Waals surface area contributed by atoms with Gasteiger partial charge in [0.05, 0.1) is 7.11 Å². The molecule has 0 radical (unpaired) electrons. The van der Waals surface area contributed by atoms with Crippen LogP contribution >= 0.6 is 0 Å². The minimum atomic E-state index is -0.587. The van der Waals surface area contributed by atoms with E-state index in [9.17, 15) is 14.4 Å². The maximum Gasteiger partial charge on any atom is 0.268 e. The summed E-state index contributed by atoms with van der Waals surface area (Å²) in [4.78, 5) is 43.0. The molecular weight excluding hydrogens is 302 g/mol. The highest BCUT2D eigenvalue weighted by atomic mass is 16.7. The van der Waals surface area contributed by atoms with Crippen LogP contribution in [-0.2, 0) is 19.2 Å². The lowest BCUT2D eigenvalue weighted by atomic mass is 9.96. The first-order valence-corrected chi connectivity index (χ1v) is 8.01. The van der Waals surface area contributed by atoms with Crippen molar-refractivity contribution in [3.05, 3.63) is 0 Å². The largest absolute Gasteiger partial charge is 0.330 e. The molecule has 2 atom stereocenters. The molecule has 0 aromatic heterocycles. The summed E-state index contributed by atoms with van der Waals surface area (Å²) in [6.45, 7) is 2.50. The molecule has 0 aromatic carbocycles. The Bertz CT molecular complexity index is 429. The van der Waals surface area contributed by atoms with Crippen molar-refractivity contribution in [2.24, 2.45) is 5.92 Å². The minimum absolute atomic E-state index is 0.0765.